The molecule has 1 aliphatic rings. The molecule has 1 aromatic heterocycles. The Morgan fingerprint density at radius 3 is 2.83 bits per heavy atom. The topological polar surface area (TPSA) is 89.8 Å². The molecule has 1 aromatic carbocycles. The molecular weight excluding hydrogens is 314 g/mol. The lowest BCUT2D eigenvalue weighted by atomic mass is 10.2. The molecule has 1 amide bonds. The second-order valence-corrected chi connectivity index (χ2v) is 7.40. The Labute approximate surface area is 136 Å². The third-order valence-corrected chi connectivity index (χ3v) is 5.34. The number of nitrogens with one attached hydrogen (secondary N) is 1. The molecular formula is C15H19N5O2S. The minimum absolute atomic E-state index is 0.198. The van der Waals surface area contributed by atoms with Crippen molar-refractivity contribution >= 4 is 16.7 Å². The summed E-state index contributed by atoms with van der Waals surface area (Å²) in [7, 11) is -1.36. The van der Waals surface area contributed by atoms with Gasteiger partial charge in [-0.15, -0.1) is 5.10 Å². The molecule has 0 radical (unpaired) electrons. The van der Waals surface area contributed by atoms with Gasteiger partial charge in [0.25, 0.3) is 0 Å². The van der Waals surface area contributed by atoms with E-state index in [-0.39, 0.29) is 11.7 Å². The second-order valence-electron chi connectivity index (χ2n) is 5.64. The van der Waals surface area contributed by atoms with Crippen LogP contribution in [0.2, 0.25) is 0 Å². The summed E-state index contributed by atoms with van der Waals surface area (Å²) in [5.74, 6) is 0.565. The van der Waals surface area contributed by atoms with Crippen LogP contribution in [0.25, 0.3) is 0 Å². The highest BCUT2D eigenvalue weighted by Crippen LogP contribution is 2.34. The Kier molecular flexibility index (Phi) is 4.80. The molecule has 2 aromatic rings. The Hall–Kier alpha value is -2.09. The van der Waals surface area contributed by atoms with E-state index >= 15 is 0 Å². The summed E-state index contributed by atoms with van der Waals surface area (Å²) in [6.45, 7) is 2.10. The smallest absolute Gasteiger partial charge is 0.235 e. The zero-order chi connectivity index (χ0) is 16.2. The van der Waals surface area contributed by atoms with Crippen LogP contribution < -0.4 is 5.32 Å². The summed E-state index contributed by atoms with van der Waals surface area (Å²) in [4.78, 5) is 12.2. The second kappa shape index (κ2) is 6.99. The number of rotatable bonds is 7. The molecule has 1 fully saturated rings. The molecule has 0 saturated heterocycles. The Morgan fingerprint density at radius 1 is 1.39 bits per heavy atom. The fourth-order valence-corrected chi connectivity index (χ4v) is 3.23. The van der Waals surface area contributed by atoms with Crippen molar-refractivity contribution in [1.29, 1.82) is 0 Å². The van der Waals surface area contributed by atoms with Crippen LogP contribution in [0.1, 0.15) is 37.2 Å². The van der Waals surface area contributed by atoms with Crippen molar-refractivity contribution in [2.24, 2.45) is 0 Å². The molecule has 0 aliphatic heterocycles. The summed E-state index contributed by atoms with van der Waals surface area (Å²) >= 11 is 0. The van der Waals surface area contributed by atoms with Crippen molar-refractivity contribution in [1.82, 2.24) is 25.5 Å². The van der Waals surface area contributed by atoms with E-state index in [0.29, 0.717) is 18.4 Å². The first-order valence-corrected chi connectivity index (χ1v) is 8.99. The van der Waals surface area contributed by atoms with Crippen LogP contribution in [0, 0.1) is 0 Å². The average Bonchev–Trinajstić information content (AvgIpc) is 3.32. The van der Waals surface area contributed by atoms with Gasteiger partial charge in [0.05, 0.1) is 11.8 Å². The van der Waals surface area contributed by atoms with E-state index in [0.717, 1.165) is 18.4 Å². The van der Waals surface area contributed by atoms with Gasteiger partial charge in [-0.05, 0) is 35.8 Å². The number of hydrogen-bond acceptors (Lipinski definition) is 5. The zero-order valence-electron chi connectivity index (χ0n) is 12.9. The van der Waals surface area contributed by atoms with E-state index in [2.05, 4.69) is 20.8 Å². The number of nitrogens with zero attached hydrogens (tertiary/aromatic N) is 4. The number of benzene rings is 1. The molecule has 122 valence electrons. The Bertz CT molecular complexity index is 699. The maximum Gasteiger partial charge on any atom is 0.235 e. The lowest BCUT2D eigenvalue weighted by Gasteiger charge is -2.12. The maximum absolute atomic E-state index is 12.4. The van der Waals surface area contributed by atoms with Crippen molar-refractivity contribution in [3.05, 3.63) is 41.7 Å². The number of hydrogen-bond donors (Lipinski definition) is 1. The van der Waals surface area contributed by atoms with E-state index in [1.54, 1.807) is 11.6 Å². The highest BCUT2D eigenvalue weighted by Gasteiger charge is 2.29. The van der Waals surface area contributed by atoms with Gasteiger partial charge in [-0.2, -0.15) is 0 Å². The fourth-order valence-electron chi connectivity index (χ4n) is 2.21. The summed E-state index contributed by atoms with van der Waals surface area (Å²) in [6, 6.07) is 9.96. The van der Waals surface area contributed by atoms with Crippen molar-refractivity contribution in [3.8, 4) is 0 Å². The molecule has 1 N–H and O–H groups in total. The molecule has 1 aliphatic carbocycles. The monoisotopic (exact) mass is 333 g/mol. The van der Waals surface area contributed by atoms with Crippen LogP contribution >= 0.6 is 0 Å². The van der Waals surface area contributed by atoms with Gasteiger partial charge in [0, 0.05) is 17.3 Å². The van der Waals surface area contributed by atoms with Gasteiger partial charge in [0.1, 0.15) is 5.25 Å². The van der Waals surface area contributed by atoms with Crippen molar-refractivity contribution in [2.45, 2.75) is 43.4 Å². The first-order valence-electron chi connectivity index (χ1n) is 7.60. The highest BCUT2D eigenvalue weighted by molar-refractivity contribution is 7.85. The van der Waals surface area contributed by atoms with Crippen molar-refractivity contribution in [3.63, 3.8) is 0 Å². The maximum atomic E-state index is 12.4. The SMILES string of the molecule is C[C@@H](C(=O)NCc1ccccc1)[S@](=O)Cc1nnnn1C1CC1. The van der Waals surface area contributed by atoms with Gasteiger partial charge in [-0.1, -0.05) is 30.3 Å². The molecule has 0 spiro atoms. The molecule has 1 saturated carbocycles. The molecule has 1 heterocycles. The van der Waals surface area contributed by atoms with Crippen molar-refractivity contribution in [2.75, 3.05) is 0 Å². The predicted molar refractivity (Wildman–Crippen MR) is 85.7 cm³/mol. The number of aromatic nitrogens is 4. The van der Waals surface area contributed by atoms with Crippen molar-refractivity contribution < 1.29 is 9.00 Å². The highest BCUT2D eigenvalue weighted by atomic mass is 32.2. The first-order chi connectivity index (χ1) is 11.1. The fraction of sp³-hybridized carbons (Fsp3) is 0.467. The number of carbonyl (C=O) groups excluding carboxylic acids is 1. The van der Waals surface area contributed by atoms with E-state index in [1.807, 2.05) is 30.3 Å². The van der Waals surface area contributed by atoms with E-state index in [4.69, 9.17) is 0 Å². The molecule has 7 nitrogen and oxygen atoms in total. The predicted octanol–water partition coefficient (Wildman–Crippen LogP) is 0.962. The van der Waals surface area contributed by atoms with Gasteiger partial charge in [-0.3, -0.25) is 9.00 Å². The normalized spacial score (nSPS) is 16.7. The zero-order valence-corrected chi connectivity index (χ0v) is 13.7. The van der Waals surface area contributed by atoms with E-state index < -0.39 is 16.0 Å². The summed E-state index contributed by atoms with van der Waals surface area (Å²) < 4.78 is 14.1. The molecule has 2 atom stereocenters. The summed E-state index contributed by atoms with van der Waals surface area (Å²) in [6.07, 6.45) is 2.11. The third-order valence-electron chi connectivity index (χ3n) is 3.80. The largest absolute Gasteiger partial charge is 0.351 e. The summed E-state index contributed by atoms with van der Waals surface area (Å²) in [5.41, 5.74) is 1.01. The van der Waals surface area contributed by atoms with Crippen LogP contribution in [0.15, 0.2) is 30.3 Å². The minimum Gasteiger partial charge on any atom is -0.351 e. The first kappa shape index (κ1) is 15.8. The Balaban J connectivity index is 1.54. The van der Waals surface area contributed by atoms with Crippen LogP contribution in [0.4, 0.5) is 0 Å². The van der Waals surface area contributed by atoms with Gasteiger partial charge in [-0.25, -0.2) is 4.68 Å². The Morgan fingerprint density at radius 2 is 2.13 bits per heavy atom. The van der Waals surface area contributed by atoms with Gasteiger partial charge >= 0.3 is 0 Å². The number of tetrazole rings is 1. The van der Waals surface area contributed by atoms with Gasteiger partial charge in [0.15, 0.2) is 5.82 Å². The van der Waals surface area contributed by atoms with E-state index in [1.165, 1.54) is 0 Å². The number of carbonyl (C=O) groups is 1. The lowest BCUT2D eigenvalue weighted by Crippen LogP contribution is -2.35. The molecule has 0 unspecified atom stereocenters. The average molecular weight is 333 g/mol. The van der Waals surface area contributed by atoms with E-state index in [9.17, 15) is 9.00 Å². The molecule has 0 bridgehead atoms. The number of amides is 1. The lowest BCUT2D eigenvalue weighted by molar-refractivity contribution is -0.120. The van der Waals surface area contributed by atoms with Crippen LogP contribution in [-0.2, 0) is 27.9 Å². The molecule has 23 heavy (non-hydrogen) atoms. The van der Waals surface area contributed by atoms with Crippen LogP contribution in [-0.4, -0.2) is 35.6 Å². The summed E-state index contributed by atoms with van der Waals surface area (Å²) in [5, 5.41) is 13.7. The van der Waals surface area contributed by atoms with Gasteiger partial charge in [0.2, 0.25) is 5.91 Å². The van der Waals surface area contributed by atoms with Crippen LogP contribution in [0.3, 0.4) is 0 Å². The standard InChI is InChI=1S/C15H19N5O2S/c1-11(15(21)16-9-12-5-3-2-4-6-12)23(22)10-14-17-18-19-20(14)13-7-8-13/h2-6,11,13H,7-10H2,1H3,(H,16,21)/t11-,23+/m0/s1. The molecule has 8 heteroatoms. The quantitative estimate of drug-likeness (QED) is 0.815. The third kappa shape index (κ3) is 4.01. The van der Waals surface area contributed by atoms with Gasteiger partial charge < -0.3 is 5.32 Å². The minimum atomic E-state index is -1.36. The molecule has 3 rings (SSSR count). The van der Waals surface area contributed by atoms with Crippen LogP contribution in [0.5, 0.6) is 0 Å².